The van der Waals surface area contributed by atoms with Gasteiger partial charge in [0.2, 0.25) is 0 Å². The molecule has 2 aromatic rings. The van der Waals surface area contributed by atoms with Crippen LogP contribution in [0.4, 0.5) is 14.6 Å². The first-order chi connectivity index (χ1) is 10.9. The van der Waals surface area contributed by atoms with Crippen molar-refractivity contribution in [3.8, 4) is 0 Å². The second-order valence-corrected chi connectivity index (χ2v) is 5.61. The van der Waals surface area contributed by atoms with Crippen LogP contribution >= 0.6 is 8.18 Å². The van der Waals surface area contributed by atoms with E-state index in [2.05, 4.69) is 19.5 Å². The van der Waals surface area contributed by atoms with Gasteiger partial charge in [0.1, 0.15) is 18.8 Å². The number of aliphatic hydroxyl groups excluding tert-OH is 1. The molecule has 1 unspecified atom stereocenters. The molecule has 0 radical (unpaired) electrons. The number of imidazole rings is 1. The summed E-state index contributed by atoms with van der Waals surface area (Å²) in [4.78, 5) is 10.7. The third-order valence-electron chi connectivity index (χ3n) is 3.36. The molecule has 23 heavy (non-hydrogen) atoms. The SMILES string of the molecule is Nc1nc(F)nc2c1ncn2[C@@H]1O[C@H](CO[P+](N)=O)[C@@H](O)[C@@H]1F. The molecule has 5 N–H and O–H groups in total. The standard InChI is InChI=1S/C10H12F2N6O4P/c11-4-6(19)3(1-21-23(14)20)22-9(4)18-2-15-5-7(13)16-10(12)17-8(5)18/h2-4,6,9,19H,1H2,(H2,14,20)(H2,13,16,17)/q+1/t3-,4+,6-,9-/m1/s1. The second kappa shape index (κ2) is 5.98. The fourth-order valence-corrected chi connectivity index (χ4v) is 2.60. The van der Waals surface area contributed by atoms with Crippen molar-refractivity contribution in [2.24, 2.45) is 5.50 Å². The van der Waals surface area contributed by atoms with Crippen LogP contribution in [-0.4, -0.2) is 49.6 Å². The first-order valence-electron chi connectivity index (χ1n) is 6.36. The number of aromatic nitrogens is 4. The van der Waals surface area contributed by atoms with Crippen LogP contribution < -0.4 is 11.2 Å². The Balaban J connectivity index is 1.91. The van der Waals surface area contributed by atoms with Crippen molar-refractivity contribution in [1.82, 2.24) is 19.5 Å². The third-order valence-corrected chi connectivity index (χ3v) is 3.76. The lowest BCUT2D eigenvalue weighted by Crippen LogP contribution is -2.31. The van der Waals surface area contributed by atoms with Crippen molar-refractivity contribution < 1.29 is 27.7 Å². The Morgan fingerprint density at radius 1 is 1.52 bits per heavy atom. The number of nitrogens with two attached hydrogens (primary N) is 2. The molecule has 0 bridgehead atoms. The van der Waals surface area contributed by atoms with E-state index in [1.165, 1.54) is 0 Å². The van der Waals surface area contributed by atoms with Crippen molar-refractivity contribution in [2.45, 2.75) is 24.6 Å². The van der Waals surface area contributed by atoms with Gasteiger partial charge in [-0.05, 0) is 4.57 Å². The normalized spacial score (nSPS) is 28.4. The number of hydrogen-bond acceptors (Lipinski definition) is 8. The molecule has 1 aliphatic heterocycles. The summed E-state index contributed by atoms with van der Waals surface area (Å²) in [5.41, 5.74) is 10.5. The number of aliphatic hydroxyl groups is 1. The number of fused-ring (bicyclic) bond motifs is 1. The zero-order chi connectivity index (χ0) is 16.7. The van der Waals surface area contributed by atoms with Crippen LogP contribution in [0.25, 0.3) is 11.2 Å². The van der Waals surface area contributed by atoms with Gasteiger partial charge in [0.05, 0.1) is 6.33 Å². The Kier molecular flexibility index (Phi) is 4.17. The summed E-state index contributed by atoms with van der Waals surface area (Å²) in [5.74, 6) is -0.208. The van der Waals surface area contributed by atoms with Crippen LogP contribution in [0.15, 0.2) is 6.33 Å². The second-order valence-electron chi connectivity index (χ2n) is 4.78. The van der Waals surface area contributed by atoms with E-state index in [1.54, 1.807) is 0 Å². The fraction of sp³-hybridized carbons (Fsp3) is 0.500. The number of nitrogen functional groups attached to an aromatic ring is 1. The van der Waals surface area contributed by atoms with Crippen LogP contribution in [0.2, 0.25) is 0 Å². The highest BCUT2D eigenvalue weighted by molar-refractivity contribution is 7.36. The molecule has 5 atom stereocenters. The van der Waals surface area contributed by atoms with E-state index in [9.17, 15) is 18.5 Å². The molecule has 0 saturated carbocycles. The Bertz CT molecular complexity index is 760. The summed E-state index contributed by atoms with van der Waals surface area (Å²) in [6.07, 6.45) is -5.85. The number of nitrogens with zero attached hydrogens (tertiary/aromatic N) is 4. The molecule has 3 heterocycles. The molecule has 1 fully saturated rings. The van der Waals surface area contributed by atoms with Crippen molar-refractivity contribution in [1.29, 1.82) is 0 Å². The Hall–Kier alpha value is -1.85. The van der Waals surface area contributed by atoms with Gasteiger partial charge in [-0.2, -0.15) is 14.4 Å². The minimum atomic E-state index is -2.42. The van der Waals surface area contributed by atoms with E-state index in [0.29, 0.717) is 0 Å². The Labute approximate surface area is 128 Å². The maximum atomic E-state index is 14.3. The predicted molar refractivity (Wildman–Crippen MR) is 72.3 cm³/mol. The number of hydrogen-bond donors (Lipinski definition) is 3. The van der Waals surface area contributed by atoms with Crippen molar-refractivity contribution in [3.05, 3.63) is 12.4 Å². The van der Waals surface area contributed by atoms with Crippen molar-refractivity contribution in [2.75, 3.05) is 12.3 Å². The summed E-state index contributed by atoms with van der Waals surface area (Å²) in [5, 5.41) is 9.84. The molecule has 124 valence electrons. The predicted octanol–water partition coefficient (Wildman–Crippen LogP) is -0.223. The summed E-state index contributed by atoms with van der Waals surface area (Å²) >= 11 is 0. The molecule has 3 rings (SSSR count). The first-order valence-corrected chi connectivity index (χ1v) is 7.61. The maximum Gasteiger partial charge on any atom is 0.610 e. The highest BCUT2D eigenvalue weighted by Gasteiger charge is 2.46. The third kappa shape index (κ3) is 2.86. The number of anilines is 1. The van der Waals surface area contributed by atoms with E-state index in [0.717, 1.165) is 10.9 Å². The van der Waals surface area contributed by atoms with Gasteiger partial charge >= 0.3 is 14.3 Å². The minimum absolute atomic E-state index is 0.0708. The van der Waals surface area contributed by atoms with Gasteiger partial charge in [0, 0.05) is 0 Å². The summed E-state index contributed by atoms with van der Waals surface area (Å²) < 4.78 is 49.4. The molecule has 0 aromatic carbocycles. The Morgan fingerprint density at radius 2 is 2.26 bits per heavy atom. The van der Waals surface area contributed by atoms with Crippen LogP contribution in [0, 0.1) is 6.08 Å². The summed E-state index contributed by atoms with van der Waals surface area (Å²) in [6.45, 7) is -0.373. The molecule has 2 aromatic heterocycles. The smallest absolute Gasteiger partial charge is 0.387 e. The maximum absolute atomic E-state index is 14.3. The average Bonchev–Trinajstić information content (AvgIpc) is 3.00. The van der Waals surface area contributed by atoms with E-state index in [-0.39, 0.29) is 23.6 Å². The highest BCUT2D eigenvalue weighted by Crippen LogP contribution is 2.34. The molecule has 1 aliphatic rings. The molecule has 1 saturated heterocycles. The monoisotopic (exact) mass is 349 g/mol. The van der Waals surface area contributed by atoms with Gasteiger partial charge in [-0.15, -0.1) is 4.52 Å². The van der Waals surface area contributed by atoms with E-state index in [1.807, 2.05) is 0 Å². The van der Waals surface area contributed by atoms with Gasteiger partial charge in [0.25, 0.3) is 0 Å². The highest BCUT2D eigenvalue weighted by atomic mass is 31.1. The number of halogens is 2. The number of rotatable bonds is 4. The largest absolute Gasteiger partial charge is 0.610 e. The van der Waals surface area contributed by atoms with E-state index >= 15 is 0 Å². The van der Waals surface area contributed by atoms with Crippen LogP contribution in [0.1, 0.15) is 6.23 Å². The van der Waals surface area contributed by atoms with Crippen molar-refractivity contribution >= 4 is 25.2 Å². The minimum Gasteiger partial charge on any atom is -0.387 e. The lowest BCUT2D eigenvalue weighted by Gasteiger charge is -2.14. The number of alkyl halides is 1. The lowest BCUT2D eigenvalue weighted by atomic mass is 10.1. The lowest BCUT2D eigenvalue weighted by molar-refractivity contribution is -0.0402. The summed E-state index contributed by atoms with van der Waals surface area (Å²) in [7, 11) is -2.42. The van der Waals surface area contributed by atoms with Crippen LogP contribution in [0.3, 0.4) is 0 Å². The molecular formula is C10H12F2N6O4P+. The topological polar surface area (TPSA) is 151 Å². The fourth-order valence-electron chi connectivity index (χ4n) is 2.31. The molecule has 0 spiro atoms. The number of ether oxygens (including phenoxy) is 1. The van der Waals surface area contributed by atoms with E-state index < -0.39 is 38.9 Å². The van der Waals surface area contributed by atoms with Crippen LogP contribution in [0.5, 0.6) is 0 Å². The summed E-state index contributed by atoms with van der Waals surface area (Å²) in [6, 6.07) is 0. The van der Waals surface area contributed by atoms with Crippen molar-refractivity contribution in [3.63, 3.8) is 0 Å². The molecule has 13 heteroatoms. The Morgan fingerprint density at radius 3 is 2.96 bits per heavy atom. The molecule has 10 nitrogen and oxygen atoms in total. The van der Waals surface area contributed by atoms with Gasteiger partial charge < -0.3 is 15.6 Å². The van der Waals surface area contributed by atoms with Gasteiger partial charge in [-0.25, -0.2) is 9.37 Å². The first kappa shape index (κ1) is 16.0. The quantitative estimate of drug-likeness (QED) is 0.502. The van der Waals surface area contributed by atoms with E-state index in [4.69, 9.17) is 16.0 Å². The average molecular weight is 349 g/mol. The zero-order valence-corrected chi connectivity index (χ0v) is 12.3. The van der Waals surface area contributed by atoms with Gasteiger partial charge in [0.15, 0.2) is 29.4 Å². The molecular weight excluding hydrogens is 337 g/mol. The van der Waals surface area contributed by atoms with Crippen LogP contribution in [-0.2, 0) is 13.8 Å². The molecule has 0 amide bonds. The molecule has 0 aliphatic carbocycles. The van der Waals surface area contributed by atoms with Gasteiger partial charge in [-0.3, -0.25) is 4.57 Å². The zero-order valence-electron chi connectivity index (χ0n) is 11.4. The van der Waals surface area contributed by atoms with Gasteiger partial charge in [-0.1, -0.05) is 5.50 Å².